The zero-order chi connectivity index (χ0) is 10.1. The van der Waals surface area contributed by atoms with Gasteiger partial charge in [-0.1, -0.05) is 6.07 Å². The van der Waals surface area contributed by atoms with Crippen LogP contribution in [0.4, 0.5) is 0 Å². The molecule has 0 fully saturated rings. The van der Waals surface area contributed by atoms with E-state index < -0.39 is 5.54 Å². The Morgan fingerprint density at radius 2 is 1.92 bits per heavy atom. The molecule has 1 aromatic rings. The molecule has 1 atom stereocenters. The molecule has 0 spiro atoms. The van der Waals surface area contributed by atoms with Gasteiger partial charge in [0.15, 0.2) is 11.5 Å². The van der Waals surface area contributed by atoms with Crippen molar-refractivity contribution in [3.8, 4) is 11.5 Å². The summed E-state index contributed by atoms with van der Waals surface area (Å²) >= 11 is 0. The fraction of sp³-hybridized carbons (Fsp3) is 0.333. The summed E-state index contributed by atoms with van der Waals surface area (Å²) in [6, 6.07) is 4.24. The molecule has 4 nitrogen and oxygen atoms in total. The van der Waals surface area contributed by atoms with E-state index in [1.807, 2.05) is 0 Å². The number of aliphatic hydroxyl groups is 1. The first-order chi connectivity index (χ1) is 5.97. The van der Waals surface area contributed by atoms with Crippen LogP contribution in [0.15, 0.2) is 18.2 Å². The molecule has 5 N–H and O–H groups in total. The monoisotopic (exact) mass is 183 g/mol. The van der Waals surface area contributed by atoms with Crippen LogP contribution in [0.25, 0.3) is 0 Å². The molecule has 0 aromatic heterocycles. The normalized spacial score (nSPS) is 15.3. The lowest BCUT2D eigenvalue weighted by atomic mass is 9.94. The van der Waals surface area contributed by atoms with E-state index in [1.54, 1.807) is 13.0 Å². The minimum absolute atomic E-state index is 0.197. The average Bonchev–Trinajstić information content (AvgIpc) is 2.09. The predicted octanol–water partition coefficient (Wildman–Crippen LogP) is 0.264. The van der Waals surface area contributed by atoms with E-state index >= 15 is 0 Å². The minimum Gasteiger partial charge on any atom is -0.504 e. The molecule has 0 aliphatic heterocycles. The van der Waals surface area contributed by atoms with E-state index in [-0.39, 0.29) is 18.1 Å². The Balaban J connectivity index is 3.10. The van der Waals surface area contributed by atoms with Gasteiger partial charge < -0.3 is 21.1 Å². The third-order valence-electron chi connectivity index (χ3n) is 1.96. The van der Waals surface area contributed by atoms with Gasteiger partial charge >= 0.3 is 0 Å². The van der Waals surface area contributed by atoms with Crippen LogP contribution in [0.5, 0.6) is 11.5 Å². The lowest BCUT2D eigenvalue weighted by Crippen LogP contribution is -2.36. The highest BCUT2D eigenvalue weighted by molar-refractivity contribution is 5.42. The van der Waals surface area contributed by atoms with Crippen LogP contribution >= 0.6 is 0 Å². The maximum absolute atomic E-state index is 9.17. The standard InChI is InChI=1S/C9H13NO3/c1-9(10,5-11)6-2-3-7(12)8(13)4-6/h2-4,11-13H,5,10H2,1H3. The number of phenolic OH excluding ortho intramolecular Hbond substituents is 2. The van der Waals surface area contributed by atoms with Gasteiger partial charge in [-0.3, -0.25) is 0 Å². The Morgan fingerprint density at radius 3 is 2.38 bits per heavy atom. The smallest absolute Gasteiger partial charge is 0.157 e. The lowest BCUT2D eigenvalue weighted by Gasteiger charge is -2.22. The van der Waals surface area contributed by atoms with Crippen LogP contribution in [-0.4, -0.2) is 21.9 Å². The Hall–Kier alpha value is -1.26. The zero-order valence-electron chi connectivity index (χ0n) is 7.36. The summed E-state index contributed by atoms with van der Waals surface area (Å²) in [6.07, 6.45) is 0. The minimum atomic E-state index is -0.898. The highest BCUT2D eigenvalue weighted by Crippen LogP contribution is 2.28. The van der Waals surface area contributed by atoms with Crippen molar-refractivity contribution < 1.29 is 15.3 Å². The Labute approximate surface area is 76.2 Å². The predicted molar refractivity (Wildman–Crippen MR) is 48.4 cm³/mol. The number of hydrogen-bond donors (Lipinski definition) is 4. The van der Waals surface area contributed by atoms with E-state index in [4.69, 9.17) is 15.9 Å². The van der Waals surface area contributed by atoms with E-state index in [2.05, 4.69) is 0 Å². The van der Waals surface area contributed by atoms with Gasteiger partial charge in [0.1, 0.15) is 0 Å². The molecule has 0 saturated carbocycles. The van der Waals surface area contributed by atoms with Crippen molar-refractivity contribution in [2.75, 3.05) is 6.61 Å². The van der Waals surface area contributed by atoms with Crippen molar-refractivity contribution in [2.24, 2.45) is 5.73 Å². The summed E-state index contributed by atoms with van der Waals surface area (Å²) < 4.78 is 0. The molecule has 0 aliphatic carbocycles. The van der Waals surface area contributed by atoms with Gasteiger partial charge in [0, 0.05) is 0 Å². The second kappa shape index (κ2) is 3.24. The second-order valence-corrected chi connectivity index (χ2v) is 3.28. The molecule has 0 heterocycles. The number of phenols is 2. The van der Waals surface area contributed by atoms with Crippen molar-refractivity contribution in [3.05, 3.63) is 23.8 Å². The second-order valence-electron chi connectivity index (χ2n) is 3.28. The molecule has 0 radical (unpaired) electrons. The fourth-order valence-electron chi connectivity index (χ4n) is 0.970. The first kappa shape index (κ1) is 9.83. The van der Waals surface area contributed by atoms with E-state index in [0.29, 0.717) is 5.56 Å². The van der Waals surface area contributed by atoms with Crippen molar-refractivity contribution in [1.82, 2.24) is 0 Å². The molecule has 1 unspecified atom stereocenters. The summed E-state index contributed by atoms with van der Waals surface area (Å²) in [5.74, 6) is -0.430. The Morgan fingerprint density at radius 1 is 1.31 bits per heavy atom. The number of aliphatic hydroxyl groups excluding tert-OH is 1. The number of rotatable bonds is 2. The molecular weight excluding hydrogens is 170 g/mol. The molecule has 0 saturated heterocycles. The topological polar surface area (TPSA) is 86.7 Å². The first-order valence-electron chi connectivity index (χ1n) is 3.89. The lowest BCUT2D eigenvalue weighted by molar-refractivity contribution is 0.209. The fourth-order valence-corrected chi connectivity index (χ4v) is 0.970. The van der Waals surface area contributed by atoms with Crippen LogP contribution in [0.1, 0.15) is 12.5 Å². The van der Waals surface area contributed by atoms with Gasteiger partial charge in [0.25, 0.3) is 0 Å². The van der Waals surface area contributed by atoms with Crippen LogP contribution in [0, 0.1) is 0 Å². The number of nitrogens with two attached hydrogens (primary N) is 1. The SMILES string of the molecule is CC(N)(CO)c1ccc(O)c(O)c1. The van der Waals surface area contributed by atoms with Crippen LogP contribution in [0.3, 0.4) is 0 Å². The van der Waals surface area contributed by atoms with E-state index in [0.717, 1.165) is 0 Å². The first-order valence-corrected chi connectivity index (χ1v) is 3.89. The quantitative estimate of drug-likeness (QED) is 0.495. The largest absolute Gasteiger partial charge is 0.504 e. The highest BCUT2D eigenvalue weighted by atomic mass is 16.3. The maximum atomic E-state index is 9.17. The van der Waals surface area contributed by atoms with E-state index in [9.17, 15) is 5.11 Å². The summed E-state index contributed by atoms with van der Waals surface area (Å²) in [4.78, 5) is 0. The third-order valence-corrected chi connectivity index (χ3v) is 1.96. The van der Waals surface area contributed by atoms with Gasteiger partial charge in [-0.15, -0.1) is 0 Å². The van der Waals surface area contributed by atoms with Crippen LogP contribution in [0.2, 0.25) is 0 Å². The van der Waals surface area contributed by atoms with Crippen LogP contribution in [-0.2, 0) is 5.54 Å². The summed E-state index contributed by atoms with van der Waals surface area (Å²) in [7, 11) is 0. The maximum Gasteiger partial charge on any atom is 0.157 e. The molecule has 0 amide bonds. The van der Waals surface area contributed by atoms with Crippen molar-refractivity contribution in [1.29, 1.82) is 0 Å². The number of benzene rings is 1. The van der Waals surface area contributed by atoms with Gasteiger partial charge in [-0.2, -0.15) is 0 Å². The molecule has 0 aliphatic rings. The van der Waals surface area contributed by atoms with E-state index in [1.165, 1.54) is 12.1 Å². The molecule has 1 rings (SSSR count). The number of hydrogen-bond acceptors (Lipinski definition) is 4. The number of aromatic hydroxyl groups is 2. The molecule has 13 heavy (non-hydrogen) atoms. The molecule has 72 valence electrons. The average molecular weight is 183 g/mol. The van der Waals surface area contributed by atoms with Crippen molar-refractivity contribution in [2.45, 2.75) is 12.5 Å². The summed E-state index contributed by atoms with van der Waals surface area (Å²) in [5.41, 5.74) is 5.39. The van der Waals surface area contributed by atoms with Gasteiger partial charge in [0.2, 0.25) is 0 Å². The third kappa shape index (κ3) is 1.91. The molecular formula is C9H13NO3. The molecule has 0 bridgehead atoms. The van der Waals surface area contributed by atoms with Gasteiger partial charge in [0.05, 0.1) is 12.1 Å². The van der Waals surface area contributed by atoms with Crippen LogP contribution < -0.4 is 5.73 Å². The molecule has 1 aromatic carbocycles. The van der Waals surface area contributed by atoms with Gasteiger partial charge in [-0.25, -0.2) is 0 Å². The highest BCUT2D eigenvalue weighted by Gasteiger charge is 2.20. The summed E-state index contributed by atoms with van der Waals surface area (Å²) in [6.45, 7) is 1.41. The summed E-state index contributed by atoms with van der Waals surface area (Å²) in [5, 5.41) is 27.1. The van der Waals surface area contributed by atoms with Crippen molar-refractivity contribution in [3.63, 3.8) is 0 Å². The Kier molecular flexibility index (Phi) is 2.45. The molecule has 4 heteroatoms. The van der Waals surface area contributed by atoms with Crippen molar-refractivity contribution >= 4 is 0 Å². The van der Waals surface area contributed by atoms with Gasteiger partial charge in [-0.05, 0) is 24.6 Å². The zero-order valence-corrected chi connectivity index (χ0v) is 7.36. The Bertz CT molecular complexity index is 310.